The largest absolute Gasteiger partial charge is 0.498 e. The van der Waals surface area contributed by atoms with E-state index in [1.54, 1.807) is 7.11 Å². The molecule has 0 bridgehead atoms. The fraction of sp³-hybridized carbons (Fsp3) is 0.450. The van der Waals surface area contributed by atoms with Crippen molar-refractivity contribution in [2.45, 2.75) is 45.8 Å². The van der Waals surface area contributed by atoms with Gasteiger partial charge in [0.15, 0.2) is 6.79 Å². The second-order valence-electron chi connectivity index (χ2n) is 7.58. The van der Waals surface area contributed by atoms with E-state index in [2.05, 4.69) is 4.98 Å². The Morgan fingerprint density at radius 2 is 1.65 bits per heavy atom. The summed E-state index contributed by atoms with van der Waals surface area (Å²) in [7, 11) is 1.11. The molecule has 1 aromatic heterocycles. The van der Waals surface area contributed by atoms with E-state index in [1.165, 1.54) is 0 Å². The van der Waals surface area contributed by atoms with Crippen LogP contribution in [0.1, 0.15) is 33.4 Å². The number of nitrogens with zero attached hydrogens (tertiary/aromatic N) is 1. The van der Waals surface area contributed by atoms with Crippen LogP contribution in [0.2, 0.25) is 0 Å². The molecule has 1 aromatic carbocycles. The number of hydrogen-bond acceptors (Lipinski definition) is 5. The molecule has 2 aromatic rings. The van der Waals surface area contributed by atoms with Crippen molar-refractivity contribution in [3.8, 4) is 16.9 Å². The molecule has 0 spiro atoms. The molecule has 1 fully saturated rings. The summed E-state index contributed by atoms with van der Waals surface area (Å²) in [6, 6.07) is 10.0. The molecule has 0 amide bonds. The summed E-state index contributed by atoms with van der Waals surface area (Å²) in [6.45, 7) is 10.3. The van der Waals surface area contributed by atoms with Gasteiger partial charge >= 0.3 is 7.12 Å². The molecule has 3 rings (SSSR count). The number of methoxy groups -OCH3 is 1. The zero-order chi connectivity index (χ0) is 18.9. The first-order chi connectivity index (χ1) is 12.2. The maximum absolute atomic E-state index is 6.18. The first kappa shape index (κ1) is 18.9. The van der Waals surface area contributed by atoms with Gasteiger partial charge in [-0.1, -0.05) is 18.2 Å². The average Bonchev–Trinajstić information content (AvgIpc) is 2.81. The van der Waals surface area contributed by atoms with Gasteiger partial charge in [-0.2, -0.15) is 0 Å². The molecule has 0 atom stereocenters. The van der Waals surface area contributed by atoms with Gasteiger partial charge in [0.25, 0.3) is 0 Å². The molecule has 0 aliphatic carbocycles. The maximum atomic E-state index is 6.18. The van der Waals surface area contributed by atoms with Crippen LogP contribution in [0.4, 0.5) is 0 Å². The number of aromatic nitrogens is 1. The second-order valence-corrected chi connectivity index (χ2v) is 7.58. The van der Waals surface area contributed by atoms with Crippen LogP contribution in [-0.2, 0) is 14.0 Å². The average molecular weight is 355 g/mol. The van der Waals surface area contributed by atoms with Gasteiger partial charge in [-0.25, -0.2) is 0 Å². The van der Waals surface area contributed by atoms with Crippen LogP contribution in [0.5, 0.6) is 5.75 Å². The predicted molar refractivity (Wildman–Crippen MR) is 103 cm³/mol. The third kappa shape index (κ3) is 3.63. The normalized spacial score (nSPS) is 18.2. The van der Waals surface area contributed by atoms with E-state index in [4.69, 9.17) is 18.8 Å². The molecule has 0 saturated carbocycles. The van der Waals surface area contributed by atoms with Crippen molar-refractivity contribution in [3.63, 3.8) is 0 Å². The topological polar surface area (TPSA) is 49.8 Å². The summed E-state index contributed by atoms with van der Waals surface area (Å²) in [5.74, 6) is 0.684. The first-order valence-electron chi connectivity index (χ1n) is 8.78. The van der Waals surface area contributed by atoms with E-state index in [0.717, 1.165) is 22.3 Å². The Morgan fingerprint density at radius 3 is 2.23 bits per heavy atom. The number of hydrogen-bond donors (Lipinski definition) is 0. The van der Waals surface area contributed by atoms with E-state index in [-0.39, 0.29) is 6.79 Å². The van der Waals surface area contributed by atoms with E-state index in [0.29, 0.717) is 5.75 Å². The standard InChI is InChI=1S/C20H26BNO4/c1-14-7-8-16(12-22-14)15-9-10-17(18(11-15)24-13-23-6)21-25-19(2,3)20(4,5)26-21/h7-12H,13H2,1-6H3. The Balaban J connectivity index is 1.96. The number of rotatable bonds is 5. The van der Waals surface area contributed by atoms with Gasteiger partial charge < -0.3 is 18.8 Å². The lowest BCUT2D eigenvalue weighted by Gasteiger charge is -2.32. The molecule has 138 valence electrons. The molecule has 1 saturated heterocycles. The number of benzene rings is 1. The number of pyridine rings is 1. The van der Waals surface area contributed by atoms with Crippen LogP contribution in [0.25, 0.3) is 11.1 Å². The molecule has 1 aliphatic heterocycles. The Morgan fingerprint density at radius 1 is 1.00 bits per heavy atom. The van der Waals surface area contributed by atoms with Crippen molar-refractivity contribution < 1.29 is 18.8 Å². The van der Waals surface area contributed by atoms with Crippen molar-refractivity contribution in [2.75, 3.05) is 13.9 Å². The summed E-state index contributed by atoms with van der Waals surface area (Å²) < 4.78 is 23.3. The number of ether oxygens (including phenoxy) is 2. The fourth-order valence-corrected chi connectivity index (χ4v) is 2.76. The predicted octanol–water partition coefficient (Wildman–Crippen LogP) is 3.34. The van der Waals surface area contributed by atoms with Crippen LogP contribution >= 0.6 is 0 Å². The lowest BCUT2D eigenvalue weighted by molar-refractivity contribution is 0.00578. The zero-order valence-corrected chi connectivity index (χ0v) is 16.3. The molecule has 0 unspecified atom stereocenters. The number of aryl methyl sites for hydroxylation is 1. The minimum absolute atomic E-state index is 0.155. The first-order valence-corrected chi connectivity index (χ1v) is 8.78. The highest BCUT2D eigenvalue weighted by Gasteiger charge is 2.52. The van der Waals surface area contributed by atoms with Crippen LogP contribution in [0.15, 0.2) is 36.5 Å². The van der Waals surface area contributed by atoms with Crippen LogP contribution < -0.4 is 10.2 Å². The molecule has 0 radical (unpaired) electrons. The zero-order valence-electron chi connectivity index (χ0n) is 16.3. The van der Waals surface area contributed by atoms with E-state index in [1.807, 2.05) is 71.1 Å². The summed E-state index contributed by atoms with van der Waals surface area (Å²) in [5.41, 5.74) is 3.07. The molecular formula is C20H26BNO4. The highest BCUT2D eigenvalue weighted by molar-refractivity contribution is 6.63. The van der Waals surface area contributed by atoms with Crippen LogP contribution in [0, 0.1) is 6.92 Å². The van der Waals surface area contributed by atoms with Crippen molar-refractivity contribution in [3.05, 3.63) is 42.2 Å². The van der Waals surface area contributed by atoms with Crippen molar-refractivity contribution in [1.82, 2.24) is 4.98 Å². The van der Waals surface area contributed by atoms with E-state index < -0.39 is 18.3 Å². The Labute approximate surface area is 155 Å². The Hall–Kier alpha value is -1.89. The third-order valence-electron chi connectivity index (χ3n) is 5.10. The van der Waals surface area contributed by atoms with E-state index in [9.17, 15) is 0 Å². The van der Waals surface area contributed by atoms with Gasteiger partial charge in [0.2, 0.25) is 0 Å². The minimum atomic E-state index is -0.489. The lowest BCUT2D eigenvalue weighted by Crippen LogP contribution is -2.41. The van der Waals surface area contributed by atoms with Crippen molar-refractivity contribution >= 4 is 12.6 Å². The van der Waals surface area contributed by atoms with Gasteiger partial charge in [0, 0.05) is 30.0 Å². The third-order valence-corrected chi connectivity index (χ3v) is 5.10. The fourth-order valence-electron chi connectivity index (χ4n) is 2.76. The Kier molecular flexibility index (Phi) is 5.10. The van der Waals surface area contributed by atoms with Gasteiger partial charge in [-0.15, -0.1) is 0 Å². The SMILES string of the molecule is COCOc1cc(-c2ccc(C)nc2)ccc1B1OC(C)(C)C(C)(C)O1. The second kappa shape index (κ2) is 7.03. The molecule has 5 nitrogen and oxygen atoms in total. The highest BCUT2D eigenvalue weighted by Crippen LogP contribution is 2.37. The quantitative estimate of drug-likeness (QED) is 0.608. The van der Waals surface area contributed by atoms with Crippen LogP contribution in [-0.4, -0.2) is 37.2 Å². The monoisotopic (exact) mass is 355 g/mol. The van der Waals surface area contributed by atoms with Crippen molar-refractivity contribution in [2.24, 2.45) is 0 Å². The van der Waals surface area contributed by atoms with Gasteiger partial charge in [0.1, 0.15) is 5.75 Å². The molecule has 1 aliphatic rings. The summed E-state index contributed by atoms with van der Waals surface area (Å²) in [5, 5.41) is 0. The summed E-state index contributed by atoms with van der Waals surface area (Å²) >= 11 is 0. The lowest BCUT2D eigenvalue weighted by atomic mass is 9.77. The molecule has 0 N–H and O–H groups in total. The van der Waals surface area contributed by atoms with Crippen molar-refractivity contribution in [1.29, 1.82) is 0 Å². The van der Waals surface area contributed by atoms with Gasteiger partial charge in [-0.3, -0.25) is 4.98 Å². The molecule has 26 heavy (non-hydrogen) atoms. The summed E-state index contributed by atoms with van der Waals surface area (Å²) in [6.07, 6.45) is 1.86. The van der Waals surface area contributed by atoms with E-state index >= 15 is 0 Å². The molecular weight excluding hydrogens is 329 g/mol. The van der Waals surface area contributed by atoms with Gasteiger partial charge in [-0.05, 0) is 52.3 Å². The minimum Gasteiger partial charge on any atom is -0.468 e. The molecule has 2 heterocycles. The summed E-state index contributed by atoms with van der Waals surface area (Å²) in [4.78, 5) is 4.37. The van der Waals surface area contributed by atoms with Crippen LogP contribution in [0.3, 0.4) is 0 Å². The highest BCUT2D eigenvalue weighted by atomic mass is 16.7. The maximum Gasteiger partial charge on any atom is 0.498 e. The molecule has 6 heteroatoms. The smallest absolute Gasteiger partial charge is 0.468 e. The Bertz CT molecular complexity index is 758. The van der Waals surface area contributed by atoms with Gasteiger partial charge in [0.05, 0.1) is 11.2 Å².